The number of aromatic amines is 1. The standard InChI is InChI=1S/C21H26FN5O2S/c1-23-21(25-9-8-17-13-26-20-7-6-18(22)11-19(17)20)27-12-15-4-3-5-16(10-15)14-30(28,29)24-2/h3-7,10-11,13,24,26H,8-9,12,14H2,1-2H3,(H2,23,25,27). The highest BCUT2D eigenvalue weighted by Crippen LogP contribution is 2.19. The maximum Gasteiger partial charge on any atom is 0.215 e. The first-order chi connectivity index (χ1) is 14.4. The Kier molecular flexibility index (Phi) is 7.07. The Balaban J connectivity index is 1.53. The highest BCUT2D eigenvalue weighted by Gasteiger charge is 2.09. The van der Waals surface area contributed by atoms with Gasteiger partial charge in [0.05, 0.1) is 5.75 Å². The van der Waals surface area contributed by atoms with Gasteiger partial charge >= 0.3 is 0 Å². The maximum atomic E-state index is 13.5. The van der Waals surface area contributed by atoms with Crippen molar-refractivity contribution in [3.8, 4) is 0 Å². The number of halogens is 1. The summed E-state index contributed by atoms with van der Waals surface area (Å²) in [6, 6.07) is 12.1. The minimum absolute atomic E-state index is 0.0600. The van der Waals surface area contributed by atoms with E-state index in [1.807, 2.05) is 24.4 Å². The Morgan fingerprint density at radius 1 is 1.13 bits per heavy atom. The van der Waals surface area contributed by atoms with E-state index in [9.17, 15) is 12.8 Å². The Labute approximate surface area is 175 Å². The molecule has 0 aliphatic rings. The van der Waals surface area contributed by atoms with Crippen LogP contribution in [0.25, 0.3) is 10.9 Å². The lowest BCUT2D eigenvalue weighted by Gasteiger charge is -2.12. The number of rotatable bonds is 8. The Morgan fingerprint density at radius 3 is 2.70 bits per heavy atom. The van der Waals surface area contributed by atoms with Crippen LogP contribution in [0.2, 0.25) is 0 Å². The normalized spacial score (nSPS) is 12.3. The van der Waals surface area contributed by atoms with Gasteiger partial charge in [-0.15, -0.1) is 0 Å². The molecule has 0 spiro atoms. The molecule has 1 aromatic heterocycles. The molecule has 0 saturated heterocycles. The van der Waals surface area contributed by atoms with E-state index in [4.69, 9.17) is 0 Å². The smallest absolute Gasteiger partial charge is 0.215 e. The monoisotopic (exact) mass is 431 g/mol. The maximum absolute atomic E-state index is 13.5. The van der Waals surface area contributed by atoms with Crippen LogP contribution in [0.15, 0.2) is 53.7 Å². The summed E-state index contributed by atoms with van der Waals surface area (Å²) < 4.78 is 39.3. The number of nitrogens with one attached hydrogen (secondary N) is 4. The average molecular weight is 432 g/mol. The van der Waals surface area contributed by atoms with Crippen molar-refractivity contribution >= 4 is 26.9 Å². The van der Waals surface area contributed by atoms with Crippen molar-refractivity contribution in [3.05, 3.63) is 71.2 Å². The molecule has 0 saturated carbocycles. The molecule has 9 heteroatoms. The Morgan fingerprint density at radius 2 is 1.93 bits per heavy atom. The number of aliphatic imine (C=N–C) groups is 1. The Hall–Kier alpha value is -2.91. The zero-order valence-corrected chi connectivity index (χ0v) is 17.8. The first-order valence-electron chi connectivity index (χ1n) is 9.59. The number of nitrogens with zero attached hydrogens (tertiary/aromatic N) is 1. The molecule has 2 aromatic carbocycles. The van der Waals surface area contributed by atoms with E-state index in [-0.39, 0.29) is 11.6 Å². The lowest BCUT2D eigenvalue weighted by molar-refractivity contribution is 0.587. The van der Waals surface area contributed by atoms with Crippen molar-refractivity contribution in [2.24, 2.45) is 4.99 Å². The third-order valence-corrected chi connectivity index (χ3v) is 6.09. The van der Waals surface area contributed by atoms with Crippen LogP contribution in [0.3, 0.4) is 0 Å². The van der Waals surface area contributed by atoms with E-state index in [2.05, 4.69) is 25.3 Å². The molecule has 0 aliphatic carbocycles. The van der Waals surface area contributed by atoms with Crippen molar-refractivity contribution < 1.29 is 12.8 Å². The summed E-state index contributed by atoms with van der Waals surface area (Å²) in [6.45, 7) is 1.13. The van der Waals surface area contributed by atoms with Crippen LogP contribution >= 0.6 is 0 Å². The van der Waals surface area contributed by atoms with Crippen molar-refractivity contribution in [2.45, 2.75) is 18.7 Å². The SMILES string of the molecule is CN=C(NCCc1c[nH]c2ccc(F)cc12)NCc1cccc(CS(=O)(=O)NC)c1. The van der Waals surface area contributed by atoms with Gasteiger partial charge in [-0.1, -0.05) is 24.3 Å². The van der Waals surface area contributed by atoms with Crippen molar-refractivity contribution in [2.75, 3.05) is 20.6 Å². The topological polar surface area (TPSA) is 98.4 Å². The van der Waals surface area contributed by atoms with Gasteiger partial charge in [-0.2, -0.15) is 0 Å². The quantitative estimate of drug-likeness (QED) is 0.325. The summed E-state index contributed by atoms with van der Waals surface area (Å²) in [4.78, 5) is 7.37. The van der Waals surface area contributed by atoms with Crippen LogP contribution in [-0.2, 0) is 28.7 Å². The molecule has 160 valence electrons. The molecule has 0 bridgehead atoms. The molecule has 0 atom stereocenters. The minimum atomic E-state index is -3.31. The Bertz CT molecular complexity index is 1140. The summed E-state index contributed by atoms with van der Waals surface area (Å²) in [7, 11) is -0.217. The molecule has 3 aromatic rings. The summed E-state index contributed by atoms with van der Waals surface area (Å²) in [6.07, 6.45) is 2.61. The van der Waals surface area contributed by atoms with Crippen LogP contribution in [0.5, 0.6) is 0 Å². The molecule has 0 unspecified atom stereocenters. The largest absolute Gasteiger partial charge is 0.361 e. The van der Waals surface area contributed by atoms with Crippen molar-refractivity contribution in [3.63, 3.8) is 0 Å². The van der Waals surface area contributed by atoms with Crippen LogP contribution in [0.1, 0.15) is 16.7 Å². The highest BCUT2D eigenvalue weighted by molar-refractivity contribution is 7.88. The number of H-pyrrole nitrogens is 1. The fourth-order valence-corrected chi connectivity index (χ4v) is 3.96. The molecule has 7 nitrogen and oxygen atoms in total. The average Bonchev–Trinajstić information content (AvgIpc) is 3.12. The minimum Gasteiger partial charge on any atom is -0.361 e. The van der Waals surface area contributed by atoms with E-state index in [1.165, 1.54) is 19.2 Å². The molecule has 4 N–H and O–H groups in total. The number of fused-ring (bicyclic) bond motifs is 1. The lowest BCUT2D eigenvalue weighted by atomic mass is 10.1. The number of hydrogen-bond acceptors (Lipinski definition) is 3. The number of benzene rings is 2. The van der Waals surface area contributed by atoms with Gasteiger partial charge in [-0.25, -0.2) is 17.5 Å². The van der Waals surface area contributed by atoms with Crippen molar-refractivity contribution in [1.29, 1.82) is 0 Å². The number of hydrogen-bond donors (Lipinski definition) is 4. The van der Waals surface area contributed by atoms with E-state index in [0.29, 0.717) is 25.5 Å². The number of aromatic nitrogens is 1. The summed E-state index contributed by atoms with van der Waals surface area (Å²) >= 11 is 0. The van der Waals surface area contributed by atoms with Gasteiger partial charge in [0.15, 0.2) is 5.96 Å². The molecule has 1 heterocycles. The molecule has 0 fully saturated rings. The van der Waals surface area contributed by atoms with Crippen molar-refractivity contribution in [1.82, 2.24) is 20.3 Å². The molecule has 0 aliphatic heterocycles. The van der Waals surface area contributed by atoms with Gasteiger partial charge in [0.2, 0.25) is 10.0 Å². The van der Waals surface area contributed by atoms with Gasteiger partial charge < -0.3 is 15.6 Å². The van der Waals surface area contributed by atoms with Gasteiger partial charge in [-0.05, 0) is 48.4 Å². The third kappa shape index (κ3) is 5.80. The summed E-state index contributed by atoms with van der Waals surface area (Å²) in [5.74, 6) is 0.322. The summed E-state index contributed by atoms with van der Waals surface area (Å²) in [5.41, 5.74) is 3.62. The van der Waals surface area contributed by atoms with Crippen LogP contribution in [0, 0.1) is 5.82 Å². The number of sulfonamides is 1. The molecular formula is C21H26FN5O2S. The first-order valence-corrected chi connectivity index (χ1v) is 11.2. The van der Waals surface area contributed by atoms with Crippen LogP contribution in [0.4, 0.5) is 4.39 Å². The van der Waals surface area contributed by atoms with Gasteiger partial charge in [-0.3, -0.25) is 4.99 Å². The summed E-state index contributed by atoms with van der Waals surface area (Å²) in [5, 5.41) is 7.35. The van der Waals surface area contributed by atoms with Gasteiger partial charge in [0.1, 0.15) is 5.82 Å². The van der Waals surface area contributed by atoms with E-state index in [0.717, 1.165) is 27.6 Å². The number of guanidine groups is 1. The van der Waals surface area contributed by atoms with Gasteiger partial charge in [0.25, 0.3) is 0 Å². The highest BCUT2D eigenvalue weighted by atomic mass is 32.2. The second-order valence-electron chi connectivity index (χ2n) is 6.89. The van der Waals surface area contributed by atoms with Gasteiger partial charge in [0, 0.05) is 37.2 Å². The molecule has 3 rings (SSSR count). The fraction of sp³-hybridized carbons (Fsp3) is 0.286. The predicted octanol–water partition coefficient (Wildman–Crippen LogP) is 2.26. The molecule has 0 radical (unpaired) electrons. The fourth-order valence-electron chi connectivity index (χ4n) is 3.20. The van der Waals surface area contributed by atoms with E-state index in [1.54, 1.807) is 19.2 Å². The third-order valence-electron chi connectivity index (χ3n) is 4.76. The van der Waals surface area contributed by atoms with E-state index >= 15 is 0 Å². The molecular weight excluding hydrogens is 405 g/mol. The second-order valence-corrected chi connectivity index (χ2v) is 8.82. The predicted molar refractivity (Wildman–Crippen MR) is 118 cm³/mol. The van der Waals surface area contributed by atoms with E-state index < -0.39 is 10.0 Å². The molecule has 0 amide bonds. The second kappa shape index (κ2) is 9.73. The first kappa shape index (κ1) is 21.8. The lowest BCUT2D eigenvalue weighted by Crippen LogP contribution is -2.37. The zero-order valence-electron chi connectivity index (χ0n) is 17.0. The molecule has 30 heavy (non-hydrogen) atoms. The van der Waals surface area contributed by atoms with Crippen LogP contribution in [-0.4, -0.2) is 40.0 Å². The zero-order chi connectivity index (χ0) is 21.6. The van der Waals surface area contributed by atoms with Crippen LogP contribution < -0.4 is 15.4 Å².